The molecular weight excluding hydrogens is 662 g/mol. The van der Waals surface area contributed by atoms with Crippen LogP contribution in [0.2, 0.25) is 0 Å². The van der Waals surface area contributed by atoms with E-state index in [2.05, 4.69) is 0 Å². The highest BCUT2D eigenvalue weighted by Gasteiger charge is 2.63. The number of ketones is 3. The summed E-state index contributed by atoms with van der Waals surface area (Å²) in [4.78, 5) is 70.9. The van der Waals surface area contributed by atoms with Gasteiger partial charge in [-0.25, -0.2) is 4.79 Å². The van der Waals surface area contributed by atoms with Gasteiger partial charge in [0, 0.05) is 43.4 Å². The first-order valence-electron chi connectivity index (χ1n) is 16.8. The Hall–Kier alpha value is -4.43. The molecule has 0 radical (unpaired) electrons. The first kappa shape index (κ1) is 39.4. The molecule has 0 spiro atoms. The number of ether oxygens (including phenoxy) is 2. The Labute approximate surface area is 298 Å². The molecule has 0 saturated carbocycles. The predicted molar refractivity (Wildman–Crippen MR) is 186 cm³/mol. The molecule has 1 amide bonds. The number of phenolic OH excluding ortho intramolecular Hbond substituents is 1. The summed E-state index contributed by atoms with van der Waals surface area (Å²) in [5.41, 5.74) is -3.82. The van der Waals surface area contributed by atoms with Crippen LogP contribution in [0.3, 0.4) is 0 Å². The number of aromatic hydroxyl groups is 1. The number of Topliss-reactive ketones (excluding diaryl/α,β-unsaturated/α-hetero) is 3. The van der Waals surface area contributed by atoms with Gasteiger partial charge in [-0.05, 0) is 77.6 Å². The second kappa shape index (κ2) is 13.6. The van der Waals surface area contributed by atoms with Crippen molar-refractivity contribution in [3.05, 3.63) is 45.4 Å². The number of likely N-dealkylation sites (N-methyl/N-ethyl adjacent to an activating group) is 1. The molecule has 3 aliphatic rings. The molecule has 1 aromatic carbocycles. The zero-order chi connectivity index (χ0) is 38.7. The number of phenols is 1. The summed E-state index contributed by atoms with van der Waals surface area (Å²) in [7, 11) is 6.71. The number of carbonyl (C=O) groups is 5. The summed E-state index contributed by atoms with van der Waals surface area (Å²) < 4.78 is 10.4. The third-order valence-corrected chi connectivity index (χ3v) is 9.63. The van der Waals surface area contributed by atoms with Crippen LogP contribution in [0, 0.1) is 22.7 Å². The number of hydrogen-bond donors (Lipinski definition) is 4. The molecule has 4 atom stereocenters. The Morgan fingerprint density at radius 3 is 2.10 bits per heavy atom. The second-order valence-electron chi connectivity index (χ2n) is 16.4. The van der Waals surface area contributed by atoms with Crippen LogP contribution in [0.25, 0.3) is 0 Å². The number of amides is 1. The fraction of sp³-hybridized carbons (Fsp3) is 0.595. The standard InChI is InChI=1S/C37H51N3O11/c1-18(41)24-30(44)27(39(10)11)22-13-19-12-21-23(38(8)9)14-20(28(42)26(21)29(43)25(19)32(46)37(22,49)31(24)45)15-40(16-35(2,3)4)34(48)51-17-50-33(47)36(5,6)7/h14,19,22,27,42,44,46,49H,12-13,15-17H2,1-11H3/t19-,22-,27-,37+/m0/s1. The van der Waals surface area contributed by atoms with Gasteiger partial charge in [0.1, 0.15) is 22.8 Å². The van der Waals surface area contributed by atoms with Crippen molar-refractivity contribution in [1.29, 1.82) is 0 Å². The molecule has 0 saturated heterocycles. The molecule has 0 aliphatic heterocycles. The van der Waals surface area contributed by atoms with Gasteiger partial charge in [-0.2, -0.15) is 0 Å². The van der Waals surface area contributed by atoms with E-state index in [-0.39, 0.29) is 42.6 Å². The molecule has 280 valence electrons. The highest BCUT2D eigenvalue weighted by atomic mass is 16.7. The van der Waals surface area contributed by atoms with E-state index < -0.39 is 93.4 Å². The Bertz CT molecular complexity index is 1730. The Morgan fingerprint density at radius 2 is 1.59 bits per heavy atom. The van der Waals surface area contributed by atoms with Gasteiger partial charge >= 0.3 is 12.1 Å². The third-order valence-electron chi connectivity index (χ3n) is 9.63. The number of esters is 1. The molecule has 4 rings (SSSR count). The molecule has 0 bridgehead atoms. The number of rotatable bonds is 8. The lowest BCUT2D eigenvalue weighted by molar-refractivity contribution is -0.162. The average molecular weight is 714 g/mol. The van der Waals surface area contributed by atoms with Crippen molar-refractivity contribution in [1.82, 2.24) is 9.80 Å². The smallest absolute Gasteiger partial charge is 0.412 e. The predicted octanol–water partition coefficient (Wildman–Crippen LogP) is 3.82. The summed E-state index contributed by atoms with van der Waals surface area (Å²) >= 11 is 0. The van der Waals surface area contributed by atoms with Crippen molar-refractivity contribution in [3.63, 3.8) is 0 Å². The van der Waals surface area contributed by atoms with Crippen molar-refractivity contribution < 1.29 is 53.9 Å². The van der Waals surface area contributed by atoms with Crippen LogP contribution >= 0.6 is 0 Å². The zero-order valence-electron chi connectivity index (χ0n) is 31.3. The van der Waals surface area contributed by atoms with Gasteiger partial charge in [-0.1, -0.05) is 20.8 Å². The lowest BCUT2D eigenvalue weighted by Gasteiger charge is -2.50. The van der Waals surface area contributed by atoms with Gasteiger partial charge in [0.15, 0.2) is 17.2 Å². The van der Waals surface area contributed by atoms with Gasteiger partial charge < -0.3 is 39.7 Å². The summed E-state index contributed by atoms with van der Waals surface area (Å²) in [6.07, 6.45) is -0.711. The van der Waals surface area contributed by atoms with Gasteiger partial charge in [0.25, 0.3) is 0 Å². The highest BCUT2D eigenvalue weighted by Crippen LogP contribution is 2.53. The monoisotopic (exact) mass is 713 g/mol. The van der Waals surface area contributed by atoms with E-state index in [1.54, 1.807) is 64.8 Å². The Morgan fingerprint density at radius 1 is 0.980 bits per heavy atom. The largest absolute Gasteiger partial charge is 0.510 e. The number of aliphatic hydroxyl groups is 3. The molecule has 4 N–H and O–H groups in total. The van der Waals surface area contributed by atoms with Crippen LogP contribution in [0.1, 0.15) is 76.4 Å². The van der Waals surface area contributed by atoms with Crippen LogP contribution in [-0.2, 0) is 36.8 Å². The third kappa shape index (κ3) is 7.08. The quantitative estimate of drug-likeness (QED) is 0.173. The van der Waals surface area contributed by atoms with Crippen LogP contribution in [0.5, 0.6) is 5.75 Å². The van der Waals surface area contributed by atoms with Gasteiger partial charge in [-0.3, -0.25) is 24.1 Å². The molecule has 1 aromatic rings. The number of fused-ring (bicyclic) bond motifs is 3. The van der Waals surface area contributed by atoms with Crippen LogP contribution in [0.4, 0.5) is 10.5 Å². The Kier molecular flexibility index (Phi) is 10.5. The summed E-state index contributed by atoms with van der Waals surface area (Å²) in [6.45, 7) is 11.0. The van der Waals surface area contributed by atoms with E-state index in [0.717, 1.165) is 6.92 Å². The van der Waals surface area contributed by atoms with E-state index in [9.17, 15) is 44.4 Å². The fourth-order valence-corrected chi connectivity index (χ4v) is 7.38. The zero-order valence-corrected chi connectivity index (χ0v) is 31.3. The van der Waals surface area contributed by atoms with E-state index in [1.807, 2.05) is 20.8 Å². The van der Waals surface area contributed by atoms with E-state index in [1.165, 1.54) is 4.90 Å². The molecule has 0 heterocycles. The topological polar surface area (TPSA) is 194 Å². The van der Waals surface area contributed by atoms with Crippen LogP contribution in [0.15, 0.2) is 28.7 Å². The minimum absolute atomic E-state index is 0.00866. The van der Waals surface area contributed by atoms with Crippen LogP contribution < -0.4 is 4.90 Å². The molecule has 0 aromatic heterocycles. The molecular formula is C37H51N3O11. The highest BCUT2D eigenvalue weighted by molar-refractivity contribution is 6.25. The number of hydrogen-bond acceptors (Lipinski definition) is 13. The lowest BCUT2D eigenvalue weighted by atomic mass is 9.58. The molecule has 14 nitrogen and oxygen atoms in total. The molecule has 0 fully saturated rings. The first-order chi connectivity index (χ1) is 23.3. The molecule has 51 heavy (non-hydrogen) atoms. The summed E-state index contributed by atoms with van der Waals surface area (Å²) in [6, 6.07) is 0.638. The molecule has 0 unspecified atom stereocenters. The van der Waals surface area contributed by atoms with Crippen molar-refractivity contribution in [2.75, 3.05) is 46.4 Å². The van der Waals surface area contributed by atoms with Crippen molar-refractivity contribution in [2.45, 2.75) is 79.5 Å². The molecule has 3 aliphatic carbocycles. The maximum Gasteiger partial charge on any atom is 0.412 e. The molecule has 14 heteroatoms. The van der Waals surface area contributed by atoms with E-state index >= 15 is 0 Å². The van der Waals surface area contributed by atoms with Gasteiger partial charge in [-0.15, -0.1) is 0 Å². The van der Waals surface area contributed by atoms with Crippen molar-refractivity contribution in [2.24, 2.45) is 22.7 Å². The van der Waals surface area contributed by atoms with Gasteiger partial charge in [0.05, 0.1) is 23.6 Å². The maximum absolute atomic E-state index is 14.5. The van der Waals surface area contributed by atoms with Crippen molar-refractivity contribution in [3.8, 4) is 5.75 Å². The Balaban J connectivity index is 1.81. The van der Waals surface area contributed by atoms with E-state index in [4.69, 9.17) is 9.47 Å². The van der Waals surface area contributed by atoms with Crippen molar-refractivity contribution >= 4 is 35.1 Å². The number of benzene rings is 1. The summed E-state index contributed by atoms with van der Waals surface area (Å²) in [5, 5.41) is 46.6. The number of aliphatic hydroxyl groups excluding tert-OH is 2. The average Bonchev–Trinajstić information content (AvgIpc) is 2.98. The minimum Gasteiger partial charge on any atom is -0.510 e. The number of anilines is 1. The van der Waals surface area contributed by atoms with Crippen LogP contribution in [-0.4, -0.2) is 113 Å². The first-order valence-corrected chi connectivity index (χ1v) is 16.8. The number of allylic oxidation sites excluding steroid dienone is 1. The minimum atomic E-state index is -2.69. The fourth-order valence-electron chi connectivity index (χ4n) is 7.38. The second-order valence-corrected chi connectivity index (χ2v) is 16.4. The summed E-state index contributed by atoms with van der Waals surface area (Å²) in [5.74, 6) is -7.09. The van der Waals surface area contributed by atoms with Gasteiger partial charge in [0.2, 0.25) is 12.6 Å². The SMILES string of the molecule is CC(=O)C1=C(O)[C@@H](N(C)C)[C@@H]2C[C@@H]3Cc4c(N(C)C)cc(CN(CC(C)(C)C)C(=O)OCOC(=O)C(C)(C)C)c(O)c4C(=O)C3=C(O)[C@]2(O)C1=O. The normalized spacial score (nSPS) is 23.4. The number of carbonyl (C=O) groups excluding carboxylic acids is 5. The lowest BCUT2D eigenvalue weighted by Crippen LogP contribution is -2.63. The number of nitrogens with zero attached hydrogens (tertiary/aromatic N) is 3. The van der Waals surface area contributed by atoms with E-state index in [0.29, 0.717) is 11.3 Å². The maximum atomic E-state index is 14.5.